The largest absolute Gasteiger partial charge is 0.478 e. The van der Waals surface area contributed by atoms with E-state index in [1.165, 1.54) is 46.2 Å². The zero-order valence-corrected chi connectivity index (χ0v) is 34.4. The molecule has 0 radical (unpaired) electrons. The van der Waals surface area contributed by atoms with Crippen molar-refractivity contribution in [3.63, 3.8) is 0 Å². The van der Waals surface area contributed by atoms with Crippen LogP contribution in [0.25, 0.3) is 0 Å². The highest BCUT2D eigenvalue weighted by Crippen LogP contribution is 2.15. The number of aromatic carboxylic acids is 2. The third-order valence-electron chi connectivity index (χ3n) is 6.68. The number of nitrogens with one attached hydrogen (secondary N) is 2. The Morgan fingerprint density at radius 2 is 0.707 bits per heavy atom. The molecule has 16 heteroatoms. The Hall–Kier alpha value is -7.10. The minimum Gasteiger partial charge on any atom is -0.478 e. The molecule has 0 spiro atoms. The summed E-state index contributed by atoms with van der Waals surface area (Å²) in [4.78, 5) is 69.9. The molecular formula is C42H54N6O10. The lowest BCUT2D eigenvalue weighted by atomic mass is 10.2. The number of carbonyl (C=O) groups excluding carboxylic acids is 4. The fraction of sp³-hybridized carbons (Fsp3) is 0.286. The van der Waals surface area contributed by atoms with E-state index in [2.05, 4.69) is 10.6 Å². The molecule has 4 rings (SSSR count). The first-order valence-corrected chi connectivity index (χ1v) is 17.6. The molecule has 4 amide bonds. The number of nitrogens with zero attached hydrogens (tertiary/aromatic N) is 2. The van der Waals surface area contributed by atoms with Crippen LogP contribution in [0.1, 0.15) is 83.0 Å². The molecule has 8 N–H and O–H groups in total. The molecule has 0 saturated carbocycles. The molecule has 0 aromatic heterocycles. The van der Waals surface area contributed by atoms with Crippen molar-refractivity contribution in [1.82, 2.24) is 9.80 Å². The SMILES string of the molecule is CC(C)(C)OC(=O)Nc1ccc(C(=O)O)cc1.CN(C)C(=O)c1ccc(N)cc1.CN(C)C(=O)c1ccc(NC(=O)OC(C)(C)C)cc1.Nc1ccc(C(=O)O)cc1. The van der Waals surface area contributed by atoms with Gasteiger partial charge in [-0.3, -0.25) is 20.2 Å². The summed E-state index contributed by atoms with van der Waals surface area (Å²) < 4.78 is 10.2. The van der Waals surface area contributed by atoms with Crippen molar-refractivity contribution >= 4 is 58.7 Å². The van der Waals surface area contributed by atoms with Gasteiger partial charge in [-0.2, -0.15) is 0 Å². The van der Waals surface area contributed by atoms with Crippen molar-refractivity contribution in [3.8, 4) is 0 Å². The van der Waals surface area contributed by atoms with Crippen LogP contribution in [-0.2, 0) is 9.47 Å². The van der Waals surface area contributed by atoms with Gasteiger partial charge in [0.25, 0.3) is 11.8 Å². The van der Waals surface area contributed by atoms with Gasteiger partial charge in [0.05, 0.1) is 11.1 Å². The van der Waals surface area contributed by atoms with E-state index in [1.54, 1.807) is 130 Å². The van der Waals surface area contributed by atoms with Gasteiger partial charge >= 0.3 is 24.1 Å². The summed E-state index contributed by atoms with van der Waals surface area (Å²) in [6, 6.07) is 25.4. The Morgan fingerprint density at radius 3 is 0.948 bits per heavy atom. The maximum atomic E-state index is 11.7. The summed E-state index contributed by atoms with van der Waals surface area (Å²) in [6.07, 6.45) is -1.08. The molecule has 4 aromatic carbocycles. The first kappa shape index (κ1) is 48.9. The van der Waals surface area contributed by atoms with Gasteiger partial charge in [0.1, 0.15) is 11.2 Å². The van der Waals surface area contributed by atoms with Crippen LogP contribution in [0.15, 0.2) is 97.1 Å². The predicted molar refractivity (Wildman–Crippen MR) is 224 cm³/mol. The van der Waals surface area contributed by atoms with E-state index in [9.17, 15) is 28.8 Å². The average Bonchev–Trinajstić information content (AvgIpc) is 3.11. The van der Waals surface area contributed by atoms with Crippen LogP contribution >= 0.6 is 0 Å². The van der Waals surface area contributed by atoms with Gasteiger partial charge < -0.3 is 41.0 Å². The number of carboxylic acid groups (broad SMARTS) is 2. The van der Waals surface area contributed by atoms with Gasteiger partial charge in [-0.1, -0.05) is 0 Å². The first-order valence-electron chi connectivity index (χ1n) is 17.6. The highest BCUT2D eigenvalue weighted by Gasteiger charge is 2.17. The van der Waals surface area contributed by atoms with Crippen LogP contribution in [0, 0.1) is 0 Å². The monoisotopic (exact) mass is 802 g/mol. The zero-order valence-electron chi connectivity index (χ0n) is 34.4. The van der Waals surface area contributed by atoms with Crippen molar-refractivity contribution in [2.45, 2.75) is 52.7 Å². The Bertz CT molecular complexity index is 1970. The number of ether oxygens (including phenoxy) is 2. The van der Waals surface area contributed by atoms with Crippen LogP contribution < -0.4 is 22.1 Å². The quantitative estimate of drug-likeness (QED) is 0.104. The number of hydrogen-bond acceptors (Lipinski definition) is 10. The second-order valence-electron chi connectivity index (χ2n) is 14.7. The maximum absolute atomic E-state index is 11.7. The van der Waals surface area contributed by atoms with E-state index in [0.29, 0.717) is 33.9 Å². The second kappa shape index (κ2) is 22.5. The van der Waals surface area contributed by atoms with E-state index < -0.39 is 35.3 Å². The van der Waals surface area contributed by atoms with Crippen molar-refractivity contribution in [1.29, 1.82) is 0 Å². The molecule has 0 aliphatic rings. The number of carboxylic acids is 2. The van der Waals surface area contributed by atoms with Crippen molar-refractivity contribution < 1.29 is 48.5 Å². The van der Waals surface area contributed by atoms with Crippen molar-refractivity contribution in [2.75, 3.05) is 50.3 Å². The molecule has 0 saturated heterocycles. The summed E-state index contributed by atoms with van der Waals surface area (Å²) in [5.74, 6) is -2.02. The van der Waals surface area contributed by atoms with Crippen LogP contribution in [0.5, 0.6) is 0 Å². The molecule has 0 fully saturated rings. The number of rotatable bonds is 6. The first-order chi connectivity index (χ1) is 26.8. The Morgan fingerprint density at radius 1 is 0.466 bits per heavy atom. The average molecular weight is 803 g/mol. The lowest BCUT2D eigenvalue weighted by Gasteiger charge is -2.19. The molecule has 16 nitrogen and oxygen atoms in total. The second-order valence-corrected chi connectivity index (χ2v) is 14.7. The molecule has 0 bridgehead atoms. The van der Waals surface area contributed by atoms with Gasteiger partial charge in [-0.25, -0.2) is 19.2 Å². The summed E-state index contributed by atoms with van der Waals surface area (Å²) >= 11 is 0. The minimum atomic E-state index is -1.01. The van der Waals surface area contributed by atoms with Gasteiger partial charge in [-0.15, -0.1) is 0 Å². The highest BCUT2D eigenvalue weighted by atomic mass is 16.6. The fourth-order valence-electron chi connectivity index (χ4n) is 4.00. The summed E-state index contributed by atoms with van der Waals surface area (Å²) in [7, 11) is 6.82. The normalized spacial score (nSPS) is 10.2. The van der Waals surface area contributed by atoms with Crippen LogP contribution in [0.2, 0.25) is 0 Å². The lowest BCUT2D eigenvalue weighted by molar-refractivity contribution is 0.0624. The highest BCUT2D eigenvalue weighted by molar-refractivity contribution is 5.95. The Labute approximate surface area is 338 Å². The topological polar surface area (TPSA) is 244 Å². The summed E-state index contributed by atoms with van der Waals surface area (Å²) in [5.41, 5.74) is 13.7. The third kappa shape index (κ3) is 20.0. The van der Waals surface area contributed by atoms with Gasteiger partial charge in [0.15, 0.2) is 0 Å². The van der Waals surface area contributed by atoms with Crippen molar-refractivity contribution in [2.24, 2.45) is 0 Å². The number of amides is 4. The van der Waals surface area contributed by atoms with E-state index >= 15 is 0 Å². The number of carbonyl (C=O) groups is 6. The van der Waals surface area contributed by atoms with Crippen molar-refractivity contribution in [3.05, 3.63) is 119 Å². The third-order valence-corrected chi connectivity index (χ3v) is 6.68. The molecule has 4 aromatic rings. The molecule has 0 heterocycles. The van der Waals surface area contributed by atoms with Gasteiger partial charge in [-0.05, 0) is 139 Å². The van der Waals surface area contributed by atoms with E-state index in [1.807, 2.05) is 0 Å². The van der Waals surface area contributed by atoms with E-state index in [-0.39, 0.29) is 22.9 Å². The number of anilines is 4. The zero-order chi connectivity index (χ0) is 44.4. The minimum absolute atomic E-state index is 0.00463. The van der Waals surface area contributed by atoms with Gasteiger partial charge in [0.2, 0.25) is 0 Å². The number of nitrogen functional groups attached to an aromatic ring is 2. The van der Waals surface area contributed by atoms with Crippen LogP contribution in [0.3, 0.4) is 0 Å². The fourth-order valence-corrected chi connectivity index (χ4v) is 4.00. The lowest BCUT2D eigenvalue weighted by Crippen LogP contribution is -2.27. The van der Waals surface area contributed by atoms with E-state index in [4.69, 9.17) is 31.2 Å². The molecule has 0 unspecified atom stereocenters. The smallest absolute Gasteiger partial charge is 0.412 e. The summed E-state index contributed by atoms with van der Waals surface area (Å²) in [6.45, 7) is 10.7. The molecular weight excluding hydrogens is 748 g/mol. The predicted octanol–water partition coefficient (Wildman–Crippen LogP) is 7.40. The van der Waals surface area contributed by atoms with E-state index in [0.717, 1.165) is 0 Å². The number of benzene rings is 4. The molecule has 0 atom stereocenters. The molecule has 0 aliphatic carbocycles. The standard InChI is InChI=1S/C14H20N2O3.C12H15NO4.C9H12N2O.C7H7NO2/c1-14(2,3)19-13(18)15-11-8-6-10(7-9-11)12(17)16(4)5;1-12(2,3)17-11(16)13-9-6-4-8(5-7-9)10(14)15;1-11(2)9(12)7-3-5-8(10)6-4-7;8-6-3-1-5(2-4-6)7(9)10/h6-9H,1-5H3,(H,15,18);4-7H,1-3H3,(H,13,16)(H,14,15);3-6H,10H2,1-2H3;1-4H,8H2,(H,9,10). The molecule has 312 valence electrons. The van der Waals surface area contributed by atoms with Gasteiger partial charge in [0, 0.05) is 62.1 Å². The molecule has 58 heavy (non-hydrogen) atoms. The summed E-state index contributed by atoms with van der Waals surface area (Å²) in [5, 5.41) is 22.3. The number of hydrogen-bond donors (Lipinski definition) is 6. The van der Waals surface area contributed by atoms with Crippen LogP contribution in [0.4, 0.5) is 32.3 Å². The molecule has 0 aliphatic heterocycles. The Balaban J connectivity index is 0.000000398. The van der Waals surface area contributed by atoms with Crippen LogP contribution in [-0.4, -0.2) is 95.3 Å². The Kier molecular flexibility index (Phi) is 18.9. The maximum Gasteiger partial charge on any atom is 0.412 e. The number of nitrogens with two attached hydrogens (primary N) is 2.